The van der Waals surface area contributed by atoms with E-state index < -0.39 is 34.8 Å². The number of carbonyl (C=O) groups excluding carboxylic acids is 3. The van der Waals surface area contributed by atoms with Crippen LogP contribution >= 0.6 is 0 Å². The van der Waals surface area contributed by atoms with Crippen molar-refractivity contribution in [3.63, 3.8) is 0 Å². The van der Waals surface area contributed by atoms with Gasteiger partial charge in [0.25, 0.3) is 5.91 Å². The number of morpholine rings is 1. The molecule has 2 saturated heterocycles. The molecule has 3 aliphatic rings. The Kier molecular flexibility index (Phi) is 6.70. The first-order valence-corrected chi connectivity index (χ1v) is 11.9. The smallest absolute Gasteiger partial charge is 0.255 e. The third kappa shape index (κ3) is 4.57. The quantitative estimate of drug-likeness (QED) is 0.480. The summed E-state index contributed by atoms with van der Waals surface area (Å²) in [5.41, 5.74) is 3.26. The predicted molar refractivity (Wildman–Crippen MR) is 134 cm³/mol. The molecule has 2 aromatic carbocycles. The van der Waals surface area contributed by atoms with Gasteiger partial charge in [-0.15, -0.1) is 0 Å². The molecule has 11 heteroatoms. The molecule has 178 valence electrons. The SMILES string of the molecule is [B]C1C(N2Cc3c(OCc4ccc(CN5CCOCC5)cc4)cccc3C2=O)C(=O)NC(=O)C1([B])[B]. The summed E-state index contributed by atoms with van der Waals surface area (Å²) in [5, 5.41) is 0.138. The summed E-state index contributed by atoms with van der Waals surface area (Å²) >= 11 is 0. The van der Waals surface area contributed by atoms with E-state index in [0.717, 1.165) is 38.4 Å². The van der Waals surface area contributed by atoms with E-state index in [2.05, 4.69) is 22.3 Å². The molecule has 2 unspecified atom stereocenters. The van der Waals surface area contributed by atoms with Gasteiger partial charge < -0.3 is 14.4 Å². The van der Waals surface area contributed by atoms with Crippen molar-refractivity contribution >= 4 is 41.3 Å². The van der Waals surface area contributed by atoms with Crippen molar-refractivity contribution < 1.29 is 23.9 Å². The molecule has 2 fully saturated rings. The first-order valence-electron chi connectivity index (χ1n) is 11.9. The Morgan fingerprint density at radius 1 is 1.03 bits per heavy atom. The van der Waals surface area contributed by atoms with Gasteiger partial charge in [-0.25, -0.2) is 0 Å². The lowest BCUT2D eigenvalue weighted by molar-refractivity contribution is -0.137. The van der Waals surface area contributed by atoms with Crippen molar-refractivity contribution in [2.24, 2.45) is 0 Å². The summed E-state index contributed by atoms with van der Waals surface area (Å²) in [4.78, 5) is 41.4. The van der Waals surface area contributed by atoms with Crippen molar-refractivity contribution in [3.05, 3.63) is 64.7 Å². The van der Waals surface area contributed by atoms with Crippen LogP contribution in [0.1, 0.15) is 27.0 Å². The van der Waals surface area contributed by atoms with Crippen LogP contribution in [-0.2, 0) is 34.0 Å². The Labute approximate surface area is 213 Å². The molecule has 0 aromatic heterocycles. The van der Waals surface area contributed by atoms with E-state index in [-0.39, 0.29) is 6.54 Å². The Hall–Kier alpha value is -3.04. The van der Waals surface area contributed by atoms with E-state index in [1.807, 2.05) is 12.1 Å². The standard InChI is InChI=1S/C25H24B3N3O5/c26-21-20(22(32)29-24(34)25(21,27)28)31-13-18-17(23(31)33)2-1-3-19(18)36-14-16-6-4-15(5-7-16)12-30-8-10-35-11-9-30/h1-7,20-21H,8-14H2,(H,29,32,34). The summed E-state index contributed by atoms with van der Waals surface area (Å²) in [7, 11) is 17.8. The van der Waals surface area contributed by atoms with Gasteiger partial charge in [-0.1, -0.05) is 30.3 Å². The second kappa shape index (κ2) is 9.79. The van der Waals surface area contributed by atoms with Gasteiger partial charge in [0.15, 0.2) is 0 Å². The molecule has 0 saturated carbocycles. The number of nitrogens with zero attached hydrogens (tertiary/aromatic N) is 2. The fourth-order valence-electron chi connectivity index (χ4n) is 4.81. The fraction of sp³-hybridized carbons (Fsp3) is 0.400. The fourth-order valence-corrected chi connectivity index (χ4v) is 4.81. The molecule has 1 N–H and O–H groups in total. The minimum absolute atomic E-state index is 0.0822. The second-order valence-corrected chi connectivity index (χ2v) is 9.43. The largest absolute Gasteiger partial charge is 0.489 e. The summed E-state index contributed by atoms with van der Waals surface area (Å²) < 4.78 is 11.5. The highest BCUT2D eigenvalue weighted by atomic mass is 16.5. The number of fused-ring (bicyclic) bond motifs is 1. The van der Waals surface area contributed by atoms with Crippen LogP contribution in [0.3, 0.4) is 0 Å². The summed E-state index contributed by atoms with van der Waals surface area (Å²) in [5.74, 6) is -2.71. The first-order chi connectivity index (χ1) is 17.3. The third-order valence-electron chi connectivity index (χ3n) is 7.01. The number of piperidine rings is 1. The van der Waals surface area contributed by atoms with Crippen molar-refractivity contribution in [2.45, 2.75) is 36.8 Å². The zero-order chi connectivity index (χ0) is 25.4. The topological polar surface area (TPSA) is 88.2 Å². The Balaban J connectivity index is 1.27. The maximum atomic E-state index is 13.2. The van der Waals surface area contributed by atoms with Gasteiger partial charge in [0.2, 0.25) is 11.8 Å². The normalized spacial score (nSPS) is 23.9. The van der Waals surface area contributed by atoms with E-state index in [0.29, 0.717) is 23.5 Å². The van der Waals surface area contributed by atoms with Crippen LogP contribution < -0.4 is 10.1 Å². The molecular formula is C25H24B3N3O5. The van der Waals surface area contributed by atoms with E-state index >= 15 is 0 Å². The lowest BCUT2D eigenvalue weighted by Crippen LogP contribution is -2.61. The second-order valence-electron chi connectivity index (χ2n) is 9.43. The van der Waals surface area contributed by atoms with Crippen LogP contribution in [-0.4, -0.2) is 83.4 Å². The third-order valence-corrected chi connectivity index (χ3v) is 7.01. The van der Waals surface area contributed by atoms with E-state index in [9.17, 15) is 14.4 Å². The molecule has 6 radical (unpaired) electrons. The molecule has 8 nitrogen and oxygen atoms in total. The number of nitrogens with one attached hydrogen (secondary N) is 1. The zero-order valence-electron chi connectivity index (χ0n) is 19.8. The van der Waals surface area contributed by atoms with Gasteiger partial charge in [0.1, 0.15) is 18.4 Å². The molecule has 2 aromatic rings. The molecule has 3 amide bonds. The maximum absolute atomic E-state index is 13.2. The molecule has 36 heavy (non-hydrogen) atoms. The maximum Gasteiger partial charge on any atom is 0.255 e. The Morgan fingerprint density at radius 3 is 2.44 bits per heavy atom. The van der Waals surface area contributed by atoms with Crippen LogP contribution in [0.5, 0.6) is 5.75 Å². The highest BCUT2D eigenvalue weighted by molar-refractivity contribution is 6.56. The lowest BCUT2D eigenvalue weighted by atomic mass is 9.40. The summed E-state index contributed by atoms with van der Waals surface area (Å²) in [6, 6.07) is 12.2. The summed E-state index contributed by atoms with van der Waals surface area (Å²) in [6.45, 7) is 4.67. The molecule has 5 rings (SSSR count). The predicted octanol–water partition coefficient (Wildman–Crippen LogP) is 0.489. The van der Waals surface area contributed by atoms with Crippen molar-refractivity contribution in [1.82, 2.24) is 15.1 Å². The minimum atomic E-state index is -1.99. The van der Waals surface area contributed by atoms with Crippen molar-refractivity contribution in [3.8, 4) is 5.75 Å². The lowest BCUT2D eigenvalue weighted by Gasteiger charge is -2.44. The number of amides is 3. The molecule has 3 aliphatic heterocycles. The monoisotopic (exact) mass is 479 g/mol. The Morgan fingerprint density at radius 2 is 1.72 bits per heavy atom. The molecule has 3 heterocycles. The van der Waals surface area contributed by atoms with Gasteiger partial charge in [-0.2, -0.15) is 0 Å². The average Bonchev–Trinajstić information content (AvgIpc) is 3.20. The van der Waals surface area contributed by atoms with Crippen LogP contribution in [0.4, 0.5) is 0 Å². The molecule has 0 bridgehead atoms. The number of benzene rings is 2. The molecular weight excluding hydrogens is 455 g/mol. The van der Waals surface area contributed by atoms with Crippen LogP contribution in [0.25, 0.3) is 0 Å². The molecule has 2 atom stereocenters. The van der Waals surface area contributed by atoms with Gasteiger partial charge in [-0.05, 0) is 34.3 Å². The number of hydrogen-bond acceptors (Lipinski definition) is 6. The van der Waals surface area contributed by atoms with Crippen LogP contribution in [0.2, 0.25) is 11.0 Å². The highest BCUT2D eigenvalue weighted by Crippen LogP contribution is 2.42. The molecule has 0 aliphatic carbocycles. The van der Waals surface area contributed by atoms with Crippen LogP contribution in [0, 0.1) is 0 Å². The zero-order valence-corrected chi connectivity index (χ0v) is 19.8. The van der Waals surface area contributed by atoms with Gasteiger partial charge in [0, 0.05) is 30.8 Å². The number of imide groups is 1. The minimum Gasteiger partial charge on any atom is -0.489 e. The average molecular weight is 479 g/mol. The Bertz CT molecular complexity index is 1180. The van der Waals surface area contributed by atoms with Crippen molar-refractivity contribution in [2.75, 3.05) is 26.3 Å². The van der Waals surface area contributed by atoms with Crippen molar-refractivity contribution in [1.29, 1.82) is 0 Å². The highest BCUT2D eigenvalue weighted by Gasteiger charge is 2.50. The van der Waals surface area contributed by atoms with E-state index in [1.165, 1.54) is 10.5 Å². The first kappa shape index (κ1) is 24.7. The van der Waals surface area contributed by atoms with Gasteiger partial charge in [-0.3, -0.25) is 24.6 Å². The molecule has 0 spiro atoms. The number of carbonyl (C=O) groups is 3. The van der Waals surface area contributed by atoms with Crippen LogP contribution in [0.15, 0.2) is 42.5 Å². The summed E-state index contributed by atoms with van der Waals surface area (Å²) in [6.07, 6.45) is 0. The van der Waals surface area contributed by atoms with Gasteiger partial charge >= 0.3 is 0 Å². The number of rotatable bonds is 6. The van der Waals surface area contributed by atoms with E-state index in [4.69, 9.17) is 33.0 Å². The van der Waals surface area contributed by atoms with E-state index in [1.54, 1.807) is 18.2 Å². The van der Waals surface area contributed by atoms with Gasteiger partial charge in [0.05, 0.1) is 43.3 Å². The number of hydrogen-bond donors (Lipinski definition) is 1. The number of ether oxygens (including phenoxy) is 2.